The van der Waals surface area contributed by atoms with Gasteiger partial charge in [-0.25, -0.2) is 0 Å². The van der Waals surface area contributed by atoms with Gasteiger partial charge in [0.25, 0.3) is 11.5 Å². The van der Waals surface area contributed by atoms with Gasteiger partial charge in [-0.15, -0.1) is 0 Å². The van der Waals surface area contributed by atoms with E-state index >= 15 is 0 Å². The van der Waals surface area contributed by atoms with Crippen molar-refractivity contribution in [1.29, 1.82) is 0 Å². The number of anilines is 2. The number of H-pyrrole nitrogens is 1. The number of amides is 1. The average Bonchev–Trinajstić information content (AvgIpc) is 2.36. The quantitative estimate of drug-likeness (QED) is 0.744. The minimum atomic E-state index is -0.557. The third-order valence-electron chi connectivity index (χ3n) is 2.40. The van der Waals surface area contributed by atoms with Gasteiger partial charge in [-0.3, -0.25) is 9.59 Å². The van der Waals surface area contributed by atoms with Gasteiger partial charge in [0.15, 0.2) is 0 Å². The summed E-state index contributed by atoms with van der Waals surface area (Å²) in [7, 11) is 0. The predicted octanol–water partition coefficient (Wildman–Crippen LogP) is 2.52. The lowest BCUT2D eigenvalue weighted by molar-refractivity contribution is 0.102. The molecule has 0 fully saturated rings. The molecule has 0 bridgehead atoms. The second kappa shape index (κ2) is 5.34. The topological polar surface area (TPSA) is 88.0 Å². The van der Waals surface area contributed by atoms with Crippen molar-refractivity contribution in [3.8, 4) is 0 Å². The molecule has 19 heavy (non-hydrogen) atoms. The molecule has 98 valence electrons. The first-order valence-electron chi connectivity index (χ1n) is 5.22. The molecule has 4 N–H and O–H groups in total. The summed E-state index contributed by atoms with van der Waals surface area (Å²) >= 11 is 11.7. The Morgan fingerprint density at radius 2 is 1.89 bits per heavy atom. The van der Waals surface area contributed by atoms with Crippen LogP contribution in [-0.4, -0.2) is 10.9 Å². The minimum Gasteiger partial charge on any atom is -0.396 e. The number of carbonyl (C=O) groups excluding carboxylic acids is 1. The van der Waals surface area contributed by atoms with Gasteiger partial charge in [-0.05, 0) is 24.3 Å². The van der Waals surface area contributed by atoms with E-state index in [-0.39, 0.29) is 21.3 Å². The predicted molar refractivity (Wildman–Crippen MR) is 75.9 cm³/mol. The van der Waals surface area contributed by atoms with Crippen LogP contribution < -0.4 is 16.6 Å². The zero-order valence-corrected chi connectivity index (χ0v) is 11.0. The first kappa shape index (κ1) is 13.5. The van der Waals surface area contributed by atoms with Crippen LogP contribution in [0.3, 0.4) is 0 Å². The molecule has 0 aliphatic carbocycles. The number of halogens is 2. The van der Waals surface area contributed by atoms with E-state index in [1.807, 2.05) is 0 Å². The number of nitrogens with two attached hydrogens (primary N) is 1. The van der Waals surface area contributed by atoms with Gasteiger partial charge in [0, 0.05) is 11.9 Å². The van der Waals surface area contributed by atoms with Crippen LogP contribution in [-0.2, 0) is 0 Å². The Bertz CT molecular complexity index is 674. The number of carbonyl (C=O) groups is 1. The summed E-state index contributed by atoms with van der Waals surface area (Å²) in [5.74, 6) is -0.557. The molecule has 5 nitrogen and oxygen atoms in total. The number of nitrogen functional groups attached to an aromatic ring is 1. The average molecular weight is 298 g/mol. The number of aromatic nitrogens is 1. The SMILES string of the molecule is Nc1c(Cl)cc(NC(=O)c2ccc[nH]c2=O)cc1Cl. The molecule has 1 aromatic heterocycles. The van der Waals surface area contributed by atoms with Gasteiger partial charge in [0.1, 0.15) is 5.56 Å². The van der Waals surface area contributed by atoms with E-state index in [9.17, 15) is 9.59 Å². The number of hydrogen-bond acceptors (Lipinski definition) is 3. The molecule has 1 amide bonds. The number of hydrogen-bond donors (Lipinski definition) is 3. The lowest BCUT2D eigenvalue weighted by Gasteiger charge is -2.08. The summed E-state index contributed by atoms with van der Waals surface area (Å²) < 4.78 is 0. The lowest BCUT2D eigenvalue weighted by Crippen LogP contribution is -2.22. The highest BCUT2D eigenvalue weighted by atomic mass is 35.5. The fraction of sp³-hybridized carbons (Fsp3) is 0. The highest BCUT2D eigenvalue weighted by Gasteiger charge is 2.12. The highest BCUT2D eigenvalue weighted by molar-refractivity contribution is 6.39. The van der Waals surface area contributed by atoms with E-state index in [0.717, 1.165) is 0 Å². The fourth-order valence-electron chi connectivity index (χ4n) is 1.46. The van der Waals surface area contributed by atoms with Crippen molar-refractivity contribution in [1.82, 2.24) is 4.98 Å². The van der Waals surface area contributed by atoms with Crippen LogP contribution in [0.2, 0.25) is 10.0 Å². The van der Waals surface area contributed by atoms with Crippen molar-refractivity contribution in [2.75, 3.05) is 11.1 Å². The molecule has 0 unspecified atom stereocenters. The largest absolute Gasteiger partial charge is 0.396 e. The van der Waals surface area contributed by atoms with Crippen LogP contribution >= 0.6 is 23.2 Å². The Balaban J connectivity index is 2.30. The van der Waals surface area contributed by atoms with Crippen LogP contribution in [0.1, 0.15) is 10.4 Å². The standard InChI is InChI=1S/C12H9Cl2N3O2/c13-8-4-6(5-9(14)10(8)15)17-12(19)7-2-1-3-16-11(7)18/h1-5H,15H2,(H,16,18)(H,17,19). The number of nitrogens with one attached hydrogen (secondary N) is 2. The smallest absolute Gasteiger partial charge is 0.261 e. The van der Waals surface area contributed by atoms with Crippen LogP contribution in [0.4, 0.5) is 11.4 Å². The number of pyridine rings is 1. The molecule has 0 spiro atoms. The maximum Gasteiger partial charge on any atom is 0.261 e. The highest BCUT2D eigenvalue weighted by Crippen LogP contribution is 2.31. The van der Waals surface area contributed by atoms with E-state index in [1.54, 1.807) is 6.07 Å². The van der Waals surface area contributed by atoms with E-state index in [2.05, 4.69) is 10.3 Å². The molecule has 0 atom stereocenters. The molecule has 1 aromatic carbocycles. The van der Waals surface area contributed by atoms with E-state index in [1.165, 1.54) is 24.4 Å². The third-order valence-corrected chi connectivity index (χ3v) is 3.03. The summed E-state index contributed by atoms with van der Waals surface area (Å²) in [5, 5.41) is 2.98. The van der Waals surface area contributed by atoms with Crippen molar-refractivity contribution in [3.05, 3.63) is 56.4 Å². The zero-order chi connectivity index (χ0) is 14.0. The molecule has 0 radical (unpaired) electrons. The summed E-state index contributed by atoms with van der Waals surface area (Å²) in [6.07, 6.45) is 1.44. The molecule has 2 aromatic rings. The monoisotopic (exact) mass is 297 g/mol. The summed E-state index contributed by atoms with van der Waals surface area (Å²) in [6, 6.07) is 5.88. The molecule has 7 heteroatoms. The second-order valence-electron chi connectivity index (χ2n) is 3.72. The number of aromatic amines is 1. The van der Waals surface area contributed by atoms with Crippen LogP contribution in [0.5, 0.6) is 0 Å². The molecule has 0 aliphatic rings. The van der Waals surface area contributed by atoms with E-state index in [4.69, 9.17) is 28.9 Å². The van der Waals surface area contributed by atoms with E-state index < -0.39 is 11.5 Å². The number of benzene rings is 1. The Morgan fingerprint density at radius 3 is 2.47 bits per heavy atom. The molecule has 1 heterocycles. The summed E-state index contributed by atoms with van der Waals surface area (Å²) in [5.41, 5.74) is 5.69. The Hall–Kier alpha value is -1.98. The molecular formula is C12H9Cl2N3O2. The van der Waals surface area contributed by atoms with Crippen molar-refractivity contribution in [3.63, 3.8) is 0 Å². The van der Waals surface area contributed by atoms with Gasteiger partial charge >= 0.3 is 0 Å². The van der Waals surface area contributed by atoms with Gasteiger partial charge in [0.05, 0.1) is 15.7 Å². The Kier molecular flexibility index (Phi) is 3.78. The van der Waals surface area contributed by atoms with Crippen molar-refractivity contribution < 1.29 is 4.79 Å². The van der Waals surface area contributed by atoms with Gasteiger partial charge in [-0.1, -0.05) is 23.2 Å². The fourth-order valence-corrected chi connectivity index (χ4v) is 1.94. The van der Waals surface area contributed by atoms with Crippen molar-refractivity contribution in [2.24, 2.45) is 0 Å². The molecule has 2 rings (SSSR count). The third kappa shape index (κ3) is 2.89. The lowest BCUT2D eigenvalue weighted by atomic mass is 10.2. The summed E-state index contributed by atoms with van der Waals surface area (Å²) in [6.45, 7) is 0. The molecular weight excluding hydrogens is 289 g/mol. The molecule has 0 saturated heterocycles. The van der Waals surface area contributed by atoms with Crippen LogP contribution in [0.25, 0.3) is 0 Å². The van der Waals surface area contributed by atoms with Crippen molar-refractivity contribution in [2.45, 2.75) is 0 Å². The molecule has 0 aliphatic heterocycles. The van der Waals surface area contributed by atoms with Gasteiger partial charge in [0.2, 0.25) is 0 Å². The van der Waals surface area contributed by atoms with E-state index in [0.29, 0.717) is 5.69 Å². The van der Waals surface area contributed by atoms with Crippen LogP contribution in [0, 0.1) is 0 Å². The van der Waals surface area contributed by atoms with Crippen molar-refractivity contribution >= 4 is 40.5 Å². The first-order chi connectivity index (χ1) is 8.99. The Labute approximate surface area is 118 Å². The Morgan fingerprint density at radius 1 is 1.26 bits per heavy atom. The van der Waals surface area contributed by atoms with Gasteiger partial charge < -0.3 is 16.0 Å². The zero-order valence-electron chi connectivity index (χ0n) is 9.54. The maximum atomic E-state index is 11.9. The maximum absolute atomic E-state index is 11.9. The normalized spacial score (nSPS) is 10.2. The first-order valence-corrected chi connectivity index (χ1v) is 5.98. The summed E-state index contributed by atoms with van der Waals surface area (Å²) in [4.78, 5) is 25.8. The second-order valence-corrected chi connectivity index (χ2v) is 4.54. The van der Waals surface area contributed by atoms with Gasteiger partial charge in [-0.2, -0.15) is 0 Å². The van der Waals surface area contributed by atoms with Crippen LogP contribution in [0.15, 0.2) is 35.3 Å². The number of rotatable bonds is 2. The minimum absolute atomic E-state index is 0.00781. The molecule has 0 saturated carbocycles.